The van der Waals surface area contributed by atoms with Crippen molar-refractivity contribution in [2.45, 2.75) is 6.92 Å². The van der Waals surface area contributed by atoms with Gasteiger partial charge in [-0.25, -0.2) is 4.98 Å². The third kappa shape index (κ3) is 2.60. The fourth-order valence-corrected chi connectivity index (χ4v) is 1.64. The molecule has 2 aromatic rings. The molecule has 1 aromatic carbocycles. The minimum absolute atomic E-state index is 0.144. The van der Waals surface area contributed by atoms with Crippen molar-refractivity contribution in [3.05, 3.63) is 52.8 Å². The molecule has 0 saturated heterocycles. The topological polar surface area (TPSA) is 72.0 Å². The van der Waals surface area contributed by atoms with E-state index in [-0.39, 0.29) is 5.84 Å². The third-order valence-corrected chi connectivity index (χ3v) is 2.64. The van der Waals surface area contributed by atoms with Gasteiger partial charge in [-0.15, -0.1) is 0 Å². The fraction of sp³-hybridized carbons (Fsp3) is 0.0769. The molecule has 0 amide bonds. The minimum Gasteiger partial charge on any atom is -0.453 e. The van der Waals surface area contributed by atoms with Crippen molar-refractivity contribution in [1.29, 1.82) is 5.41 Å². The Kier molecular flexibility index (Phi) is 3.48. The molecule has 5 heteroatoms. The molecular weight excluding hydrogens is 250 g/mol. The number of nitrogen functional groups attached to an aromatic ring is 1. The molecule has 0 fully saturated rings. The molecule has 0 aliphatic rings. The summed E-state index contributed by atoms with van der Waals surface area (Å²) < 4.78 is 5.67. The Balaban J connectivity index is 2.40. The highest BCUT2D eigenvalue weighted by Gasteiger charge is 2.10. The number of aryl methyl sites for hydroxylation is 1. The molecule has 1 heterocycles. The molecule has 4 nitrogen and oxygen atoms in total. The molecule has 0 saturated carbocycles. The number of nitrogens with zero attached hydrogens (tertiary/aromatic N) is 1. The second-order valence-corrected chi connectivity index (χ2v) is 4.21. The van der Waals surface area contributed by atoms with Gasteiger partial charge in [-0.3, -0.25) is 5.41 Å². The van der Waals surface area contributed by atoms with Crippen molar-refractivity contribution in [3.8, 4) is 11.5 Å². The van der Waals surface area contributed by atoms with Crippen molar-refractivity contribution in [3.63, 3.8) is 0 Å². The van der Waals surface area contributed by atoms with E-state index in [1.54, 1.807) is 24.4 Å². The van der Waals surface area contributed by atoms with Crippen LogP contribution in [-0.2, 0) is 0 Å². The molecule has 0 atom stereocenters. The van der Waals surface area contributed by atoms with Crippen molar-refractivity contribution in [2.24, 2.45) is 5.73 Å². The SMILES string of the molecule is Cc1ccc(Cl)c(Oc2cccnc2C(=N)N)c1. The van der Waals surface area contributed by atoms with E-state index >= 15 is 0 Å². The van der Waals surface area contributed by atoms with Gasteiger partial charge >= 0.3 is 0 Å². The lowest BCUT2D eigenvalue weighted by molar-refractivity contribution is 0.479. The summed E-state index contributed by atoms with van der Waals surface area (Å²) in [4.78, 5) is 4.01. The summed E-state index contributed by atoms with van der Waals surface area (Å²) in [7, 11) is 0. The Morgan fingerprint density at radius 1 is 1.33 bits per heavy atom. The summed E-state index contributed by atoms with van der Waals surface area (Å²) >= 11 is 6.05. The Hall–Kier alpha value is -2.07. The van der Waals surface area contributed by atoms with Crippen LogP contribution in [-0.4, -0.2) is 10.8 Å². The van der Waals surface area contributed by atoms with Gasteiger partial charge in [-0.2, -0.15) is 0 Å². The first-order valence-electron chi connectivity index (χ1n) is 5.31. The molecule has 0 aliphatic carbocycles. The number of nitrogens with one attached hydrogen (secondary N) is 1. The van der Waals surface area contributed by atoms with Crippen LogP contribution in [0.1, 0.15) is 11.3 Å². The first kappa shape index (κ1) is 12.4. The zero-order valence-corrected chi connectivity index (χ0v) is 10.5. The van der Waals surface area contributed by atoms with Crippen molar-refractivity contribution < 1.29 is 4.74 Å². The van der Waals surface area contributed by atoms with Gasteiger partial charge < -0.3 is 10.5 Å². The highest BCUT2D eigenvalue weighted by molar-refractivity contribution is 6.32. The molecule has 0 radical (unpaired) electrons. The average molecular weight is 262 g/mol. The number of pyridine rings is 1. The van der Waals surface area contributed by atoms with Crippen LogP contribution in [0.15, 0.2) is 36.5 Å². The highest BCUT2D eigenvalue weighted by Crippen LogP contribution is 2.31. The molecule has 1 aromatic heterocycles. The largest absolute Gasteiger partial charge is 0.453 e. The van der Waals surface area contributed by atoms with Crippen LogP contribution in [0.2, 0.25) is 5.02 Å². The van der Waals surface area contributed by atoms with Crippen LogP contribution < -0.4 is 10.5 Å². The Morgan fingerprint density at radius 3 is 2.83 bits per heavy atom. The lowest BCUT2D eigenvalue weighted by atomic mass is 10.2. The standard InChI is InChI=1S/C13H12ClN3O/c1-8-4-5-9(14)11(7-8)18-10-3-2-6-17-12(10)13(15)16/h2-7H,1H3,(H3,15,16). The molecule has 0 bridgehead atoms. The average Bonchev–Trinajstić information content (AvgIpc) is 2.34. The van der Waals surface area contributed by atoms with E-state index in [1.807, 2.05) is 19.1 Å². The van der Waals surface area contributed by atoms with Gasteiger partial charge in [-0.05, 0) is 36.8 Å². The molecule has 0 unspecified atom stereocenters. The molecule has 3 N–H and O–H groups in total. The smallest absolute Gasteiger partial charge is 0.156 e. The van der Waals surface area contributed by atoms with Crippen molar-refractivity contribution >= 4 is 17.4 Å². The summed E-state index contributed by atoms with van der Waals surface area (Å²) in [6.07, 6.45) is 1.56. The maximum absolute atomic E-state index is 7.44. The first-order chi connectivity index (χ1) is 8.58. The van der Waals surface area contributed by atoms with Gasteiger partial charge in [0.1, 0.15) is 17.3 Å². The monoisotopic (exact) mass is 261 g/mol. The number of hydrogen-bond donors (Lipinski definition) is 2. The number of ether oxygens (including phenoxy) is 1. The minimum atomic E-state index is -0.144. The van der Waals surface area contributed by atoms with E-state index in [9.17, 15) is 0 Å². The van der Waals surface area contributed by atoms with Crippen LogP contribution in [0.3, 0.4) is 0 Å². The number of amidine groups is 1. The van der Waals surface area contributed by atoms with Crippen LogP contribution >= 0.6 is 11.6 Å². The quantitative estimate of drug-likeness (QED) is 0.659. The number of nitrogens with two attached hydrogens (primary N) is 1. The second-order valence-electron chi connectivity index (χ2n) is 3.80. The normalized spacial score (nSPS) is 10.1. The van der Waals surface area contributed by atoms with E-state index in [0.29, 0.717) is 22.2 Å². The molecule has 2 rings (SSSR count). The maximum Gasteiger partial charge on any atom is 0.156 e. The zero-order valence-electron chi connectivity index (χ0n) is 9.77. The second kappa shape index (κ2) is 5.06. The fourth-order valence-electron chi connectivity index (χ4n) is 1.48. The Bertz CT molecular complexity index is 599. The summed E-state index contributed by atoms with van der Waals surface area (Å²) in [6.45, 7) is 1.94. The van der Waals surface area contributed by atoms with Crippen LogP contribution in [0.4, 0.5) is 0 Å². The summed E-state index contributed by atoms with van der Waals surface area (Å²) in [5.74, 6) is 0.791. The number of rotatable bonds is 3. The lowest BCUT2D eigenvalue weighted by Gasteiger charge is -2.10. The molecule has 92 valence electrons. The molecule has 18 heavy (non-hydrogen) atoms. The molecular formula is C13H12ClN3O. The highest BCUT2D eigenvalue weighted by atomic mass is 35.5. The van der Waals surface area contributed by atoms with Crippen LogP contribution in [0.5, 0.6) is 11.5 Å². The summed E-state index contributed by atoms with van der Waals surface area (Å²) in [5, 5.41) is 7.94. The van der Waals surface area contributed by atoms with E-state index in [4.69, 9.17) is 27.5 Å². The van der Waals surface area contributed by atoms with Gasteiger partial charge in [0.2, 0.25) is 0 Å². The predicted octanol–water partition coefficient (Wildman–Crippen LogP) is 3.12. The lowest BCUT2D eigenvalue weighted by Crippen LogP contribution is -2.14. The van der Waals surface area contributed by atoms with E-state index in [1.165, 1.54) is 0 Å². The van der Waals surface area contributed by atoms with Crippen molar-refractivity contribution in [1.82, 2.24) is 4.98 Å². The molecule has 0 spiro atoms. The van der Waals surface area contributed by atoms with E-state index in [2.05, 4.69) is 4.98 Å². The Morgan fingerprint density at radius 2 is 2.11 bits per heavy atom. The van der Waals surface area contributed by atoms with Gasteiger partial charge in [0, 0.05) is 6.20 Å². The van der Waals surface area contributed by atoms with Crippen molar-refractivity contribution in [2.75, 3.05) is 0 Å². The first-order valence-corrected chi connectivity index (χ1v) is 5.69. The molecule has 0 aliphatic heterocycles. The number of benzene rings is 1. The van der Waals surface area contributed by atoms with E-state index < -0.39 is 0 Å². The number of halogens is 1. The predicted molar refractivity (Wildman–Crippen MR) is 71.5 cm³/mol. The van der Waals surface area contributed by atoms with Crippen LogP contribution in [0.25, 0.3) is 0 Å². The number of aromatic nitrogens is 1. The number of hydrogen-bond acceptors (Lipinski definition) is 3. The summed E-state index contributed by atoms with van der Waals surface area (Å²) in [6, 6.07) is 8.88. The zero-order chi connectivity index (χ0) is 13.1. The van der Waals surface area contributed by atoms with Gasteiger partial charge in [-0.1, -0.05) is 17.7 Å². The summed E-state index contributed by atoms with van der Waals surface area (Å²) in [5.41, 5.74) is 6.78. The van der Waals surface area contributed by atoms with E-state index in [0.717, 1.165) is 5.56 Å². The van der Waals surface area contributed by atoms with Gasteiger partial charge in [0.25, 0.3) is 0 Å². The van der Waals surface area contributed by atoms with Gasteiger partial charge in [0.05, 0.1) is 5.02 Å². The van der Waals surface area contributed by atoms with Crippen LogP contribution in [0, 0.1) is 12.3 Å². The van der Waals surface area contributed by atoms with Gasteiger partial charge in [0.15, 0.2) is 5.75 Å². The third-order valence-electron chi connectivity index (χ3n) is 2.33. The Labute approximate surface area is 110 Å². The maximum atomic E-state index is 7.44.